The predicted molar refractivity (Wildman–Crippen MR) is 93.3 cm³/mol. The van der Waals surface area contributed by atoms with Crippen molar-refractivity contribution in [1.82, 2.24) is 24.7 Å². The summed E-state index contributed by atoms with van der Waals surface area (Å²) in [6, 6.07) is 0.655. The van der Waals surface area contributed by atoms with Crippen LogP contribution in [-0.2, 0) is 11.3 Å². The van der Waals surface area contributed by atoms with Gasteiger partial charge in [0.05, 0.1) is 24.4 Å². The van der Waals surface area contributed by atoms with Gasteiger partial charge in [-0.15, -0.1) is 0 Å². The van der Waals surface area contributed by atoms with E-state index >= 15 is 0 Å². The third-order valence-electron chi connectivity index (χ3n) is 5.40. The summed E-state index contributed by atoms with van der Waals surface area (Å²) in [6.45, 7) is 4.94. The SMILES string of the molecule is CN1CCC(N2CCC[C@H](C(=O)N(C)Cc3cnccn3)C2)CC1. The molecule has 1 aromatic heterocycles. The summed E-state index contributed by atoms with van der Waals surface area (Å²) in [5.74, 6) is 0.373. The average Bonchev–Trinajstić information content (AvgIpc) is 2.62. The van der Waals surface area contributed by atoms with Gasteiger partial charge in [0, 0.05) is 32.0 Å². The van der Waals surface area contributed by atoms with Gasteiger partial charge >= 0.3 is 0 Å². The van der Waals surface area contributed by atoms with E-state index < -0.39 is 0 Å². The molecule has 2 aliphatic rings. The van der Waals surface area contributed by atoms with Crippen molar-refractivity contribution in [3.63, 3.8) is 0 Å². The first-order chi connectivity index (χ1) is 11.6. The van der Waals surface area contributed by atoms with Crippen LogP contribution in [0.15, 0.2) is 18.6 Å². The van der Waals surface area contributed by atoms with E-state index in [1.54, 1.807) is 18.6 Å². The van der Waals surface area contributed by atoms with Crippen LogP contribution in [-0.4, -0.2) is 76.9 Å². The number of hydrogen-bond donors (Lipinski definition) is 0. The Bertz CT molecular complexity index is 529. The second-order valence-electron chi connectivity index (χ2n) is 7.26. The molecule has 2 saturated heterocycles. The summed E-state index contributed by atoms with van der Waals surface area (Å²) in [5.41, 5.74) is 0.844. The zero-order valence-corrected chi connectivity index (χ0v) is 14.9. The summed E-state index contributed by atoms with van der Waals surface area (Å²) < 4.78 is 0. The van der Waals surface area contributed by atoms with Crippen LogP contribution in [0.3, 0.4) is 0 Å². The maximum atomic E-state index is 12.8. The fraction of sp³-hybridized carbons (Fsp3) is 0.722. The normalized spacial score (nSPS) is 24.0. The van der Waals surface area contributed by atoms with Gasteiger partial charge in [0.25, 0.3) is 0 Å². The van der Waals surface area contributed by atoms with E-state index in [1.807, 2.05) is 11.9 Å². The third-order valence-corrected chi connectivity index (χ3v) is 5.40. The number of piperidine rings is 2. The zero-order chi connectivity index (χ0) is 16.9. The molecular formula is C18H29N5O. The van der Waals surface area contributed by atoms with Gasteiger partial charge in [-0.25, -0.2) is 0 Å². The van der Waals surface area contributed by atoms with E-state index in [0.29, 0.717) is 12.6 Å². The molecule has 6 heteroatoms. The van der Waals surface area contributed by atoms with Crippen LogP contribution >= 0.6 is 0 Å². The van der Waals surface area contributed by atoms with Crippen molar-refractivity contribution in [2.75, 3.05) is 40.3 Å². The molecule has 1 atom stereocenters. The molecule has 0 spiro atoms. The standard InChI is InChI=1S/C18H29N5O/c1-21-10-5-17(6-11-21)23-9-3-4-15(13-23)18(24)22(2)14-16-12-19-7-8-20-16/h7-8,12,15,17H,3-6,9-11,13-14H2,1-2H3/t15-/m0/s1. The Kier molecular flexibility index (Phi) is 5.79. The van der Waals surface area contributed by atoms with Crippen LogP contribution in [0.4, 0.5) is 0 Å². The van der Waals surface area contributed by atoms with Gasteiger partial charge in [-0.05, 0) is 52.4 Å². The van der Waals surface area contributed by atoms with Crippen molar-refractivity contribution in [2.45, 2.75) is 38.3 Å². The van der Waals surface area contributed by atoms with Crippen LogP contribution in [0.2, 0.25) is 0 Å². The van der Waals surface area contributed by atoms with E-state index in [0.717, 1.165) is 31.6 Å². The number of carbonyl (C=O) groups is 1. The van der Waals surface area contributed by atoms with Crippen molar-refractivity contribution in [3.8, 4) is 0 Å². The molecule has 132 valence electrons. The van der Waals surface area contributed by atoms with Gasteiger partial charge < -0.3 is 9.80 Å². The summed E-state index contributed by atoms with van der Waals surface area (Å²) in [7, 11) is 4.08. The van der Waals surface area contributed by atoms with Gasteiger partial charge in [0.2, 0.25) is 5.91 Å². The first-order valence-corrected chi connectivity index (χ1v) is 9.06. The van der Waals surface area contributed by atoms with Crippen molar-refractivity contribution < 1.29 is 4.79 Å². The van der Waals surface area contributed by atoms with E-state index in [1.165, 1.54) is 25.9 Å². The molecule has 0 unspecified atom stereocenters. The highest BCUT2D eigenvalue weighted by atomic mass is 16.2. The van der Waals surface area contributed by atoms with Crippen LogP contribution in [0, 0.1) is 5.92 Å². The Morgan fingerprint density at radius 3 is 2.75 bits per heavy atom. The summed E-state index contributed by atoms with van der Waals surface area (Å²) >= 11 is 0. The van der Waals surface area contributed by atoms with Crippen LogP contribution < -0.4 is 0 Å². The molecule has 0 aromatic carbocycles. The highest BCUT2D eigenvalue weighted by molar-refractivity contribution is 5.78. The molecule has 2 fully saturated rings. The van der Waals surface area contributed by atoms with Gasteiger partial charge in [0.1, 0.15) is 0 Å². The lowest BCUT2D eigenvalue weighted by molar-refractivity contribution is -0.137. The average molecular weight is 331 g/mol. The van der Waals surface area contributed by atoms with E-state index in [9.17, 15) is 4.79 Å². The summed E-state index contributed by atoms with van der Waals surface area (Å²) in [6.07, 6.45) is 9.66. The molecule has 3 heterocycles. The molecule has 0 bridgehead atoms. The van der Waals surface area contributed by atoms with E-state index in [-0.39, 0.29) is 11.8 Å². The zero-order valence-electron chi connectivity index (χ0n) is 14.9. The number of likely N-dealkylation sites (tertiary alicyclic amines) is 2. The lowest BCUT2D eigenvalue weighted by Crippen LogP contribution is -2.50. The Labute approximate surface area is 144 Å². The minimum atomic E-state index is 0.125. The lowest BCUT2D eigenvalue weighted by atomic mass is 9.93. The van der Waals surface area contributed by atoms with Gasteiger partial charge in [-0.3, -0.25) is 19.7 Å². The Morgan fingerprint density at radius 2 is 2.04 bits per heavy atom. The topological polar surface area (TPSA) is 52.6 Å². The lowest BCUT2D eigenvalue weighted by Gasteiger charge is -2.41. The predicted octanol–water partition coefficient (Wildman–Crippen LogP) is 1.24. The minimum absolute atomic E-state index is 0.125. The van der Waals surface area contributed by atoms with Crippen LogP contribution in [0.5, 0.6) is 0 Å². The summed E-state index contributed by atoms with van der Waals surface area (Å²) in [4.78, 5) is 27.9. The fourth-order valence-corrected chi connectivity index (χ4v) is 3.94. The second kappa shape index (κ2) is 8.03. The molecular weight excluding hydrogens is 302 g/mol. The van der Waals surface area contributed by atoms with Crippen LogP contribution in [0.1, 0.15) is 31.4 Å². The Balaban J connectivity index is 1.54. The number of hydrogen-bond acceptors (Lipinski definition) is 5. The number of amides is 1. The summed E-state index contributed by atoms with van der Waals surface area (Å²) in [5, 5.41) is 0. The Morgan fingerprint density at radius 1 is 1.25 bits per heavy atom. The molecule has 0 aliphatic carbocycles. The highest BCUT2D eigenvalue weighted by Crippen LogP contribution is 2.24. The molecule has 3 rings (SSSR count). The van der Waals surface area contributed by atoms with E-state index in [4.69, 9.17) is 0 Å². The van der Waals surface area contributed by atoms with Gasteiger partial charge in [-0.1, -0.05) is 0 Å². The maximum absolute atomic E-state index is 12.8. The first kappa shape index (κ1) is 17.3. The number of nitrogens with zero attached hydrogens (tertiary/aromatic N) is 5. The van der Waals surface area contributed by atoms with Crippen molar-refractivity contribution in [1.29, 1.82) is 0 Å². The largest absolute Gasteiger partial charge is 0.340 e. The maximum Gasteiger partial charge on any atom is 0.227 e. The molecule has 24 heavy (non-hydrogen) atoms. The molecule has 2 aliphatic heterocycles. The van der Waals surface area contributed by atoms with Gasteiger partial charge in [0.15, 0.2) is 0 Å². The van der Waals surface area contributed by atoms with Crippen LogP contribution in [0.25, 0.3) is 0 Å². The third kappa shape index (κ3) is 4.30. The minimum Gasteiger partial charge on any atom is -0.340 e. The fourth-order valence-electron chi connectivity index (χ4n) is 3.94. The number of rotatable bonds is 4. The smallest absolute Gasteiger partial charge is 0.227 e. The molecule has 0 radical (unpaired) electrons. The monoisotopic (exact) mass is 331 g/mol. The van der Waals surface area contributed by atoms with Crippen molar-refractivity contribution in [3.05, 3.63) is 24.3 Å². The van der Waals surface area contributed by atoms with Gasteiger partial charge in [-0.2, -0.15) is 0 Å². The molecule has 6 nitrogen and oxygen atoms in total. The quantitative estimate of drug-likeness (QED) is 0.831. The van der Waals surface area contributed by atoms with Crippen molar-refractivity contribution >= 4 is 5.91 Å². The Hall–Kier alpha value is -1.53. The number of carbonyl (C=O) groups excluding carboxylic acids is 1. The van der Waals surface area contributed by atoms with E-state index in [2.05, 4.69) is 26.8 Å². The number of aromatic nitrogens is 2. The first-order valence-electron chi connectivity index (χ1n) is 9.06. The second-order valence-corrected chi connectivity index (χ2v) is 7.26. The molecule has 0 saturated carbocycles. The molecule has 0 N–H and O–H groups in total. The van der Waals surface area contributed by atoms with Crippen molar-refractivity contribution in [2.24, 2.45) is 5.92 Å². The molecule has 1 aromatic rings. The highest BCUT2D eigenvalue weighted by Gasteiger charge is 2.32. The molecule has 1 amide bonds.